The summed E-state index contributed by atoms with van der Waals surface area (Å²) in [6.45, 7) is 10.7. The van der Waals surface area contributed by atoms with Crippen molar-refractivity contribution in [3.05, 3.63) is 29.3 Å². The molecular weight excluding hydrogens is 438 g/mol. The highest BCUT2D eigenvalue weighted by Gasteiger charge is 2.43. The van der Waals surface area contributed by atoms with Crippen LogP contribution in [0.15, 0.2) is 18.2 Å². The number of phenols is 1. The lowest BCUT2D eigenvalue weighted by atomic mass is 9.89. The molecule has 1 aromatic rings. The van der Waals surface area contributed by atoms with E-state index in [4.69, 9.17) is 0 Å². The van der Waals surface area contributed by atoms with Gasteiger partial charge in [-0.05, 0) is 70.8 Å². The molecule has 3 rings (SSSR count). The standard InChI is InChI=1S/C25H39N3O4S/c1-6-18(26-23(31)17-8-7-9-20(29)15(17)2)21(30)14-28-13-16-10-11-33-22(16)12-19(28)24(32)27-25(3,4)5/h7-9,16,18-19,21-22,29-30H,6,10-14H2,1-5H3,(H,26,31)(H,27,32)/t16?,18?,19-,21?,22?/m0/s1. The Bertz CT molecular complexity index is 857. The second-order valence-electron chi connectivity index (χ2n) is 10.4. The lowest BCUT2D eigenvalue weighted by molar-refractivity contribution is -0.130. The van der Waals surface area contributed by atoms with Gasteiger partial charge >= 0.3 is 0 Å². The highest BCUT2D eigenvalue weighted by molar-refractivity contribution is 8.00. The summed E-state index contributed by atoms with van der Waals surface area (Å²) in [5.74, 6) is 1.41. The molecule has 8 heteroatoms. The van der Waals surface area contributed by atoms with Gasteiger partial charge in [-0.15, -0.1) is 0 Å². The van der Waals surface area contributed by atoms with Gasteiger partial charge in [0.1, 0.15) is 5.75 Å². The number of nitrogens with zero attached hydrogens (tertiary/aromatic N) is 1. The SMILES string of the molecule is CCC(NC(=O)c1cccc(O)c1C)C(O)CN1CC2CCSC2C[C@H]1C(=O)NC(C)(C)C. The number of thioether (sulfide) groups is 1. The van der Waals surface area contributed by atoms with Crippen molar-refractivity contribution in [1.29, 1.82) is 0 Å². The lowest BCUT2D eigenvalue weighted by Gasteiger charge is -2.43. The molecule has 2 aliphatic rings. The van der Waals surface area contributed by atoms with Crippen molar-refractivity contribution in [2.24, 2.45) is 5.92 Å². The zero-order valence-electron chi connectivity index (χ0n) is 20.4. The molecule has 7 nitrogen and oxygen atoms in total. The van der Waals surface area contributed by atoms with Crippen molar-refractivity contribution in [3.8, 4) is 5.75 Å². The Hall–Kier alpha value is -1.77. The van der Waals surface area contributed by atoms with Crippen LogP contribution in [0.25, 0.3) is 0 Å². The number of hydrogen-bond donors (Lipinski definition) is 4. The van der Waals surface area contributed by atoms with Crippen LogP contribution < -0.4 is 10.6 Å². The predicted octanol–water partition coefficient (Wildman–Crippen LogP) is 2.68. The first-order chi connectivity index (χ1) is 15.5. The first-order valence-corrected chi connectivity index (χ1v) is 13.0. The number of amides is 2. The summed E-state index contributed by atoms with van der Waals surface area (Å²) in [4.78, 5) is 28.1. The maximum atomic E-state index is 13.1. The number of aliphatic hydroxyl groups is 1. The fraction of sp³-hybridized carbons (Fsp3) is 0.680. The molecule has 33 heavy (non-hydrogen) atoms. The molecule has 2 aliphatic heterocycles. The van der Waals surface area contributed by atoms with Crippen molar-refractivity contribution in [3.63, 3.8) is 0 Å². The number of nitrogens with one attached hydrogen (secondary N) is 2. The molecule has 0 bridgehead atoms. The molecular formula is C25H39N3O4S. The van der Waals surface area contributed by atoms with Gasteiger partial charge in [0.2, 0.25) is 5.91 Å². The molecule has 0 aliphatic carbocycles. The van der Waals surface area contributed by atoms with E-state index in [1.54, 1.807) is 25.1 Å². The number of fused-ring (bicyclic) bond motifs is 1. The lowest BCUT2D eigenvalue weighted by Crippen LogP contribution is -2.60. The average Bonchev–Trinajstić information content (AvgIpc) is 3.19. The van der Waals surface area contributed by atoms with Gasteiger partial charge in [0.25, 0.3) is 5.91 Å². The Morgan fingerprint density at radius 1 is 1.30 bits per heavy atom. The number of carbonyl (C=O) groups excluding carboxylic acids is 2. The van der Waals surface area contributed by atoms with Crippen molar-refractivity contribution in [2.75, 3.05) is 18.8 Å². The summed E-state index contributed by atoms with van der Waals surface area (Å²) < 4.78 is 0. The van der Waals surface area contributed by atoms with Gasteiger partial charge in [0.15, 0.2) is 0 Å². The highest BCUT2D eigenvalue weighted by Crippen LogP contribution is 2.40. The molecule has 4 unspecified atom stereocenters. The Morgan fingerprint density at radius 3 is 2.70 bits per heavy atom. The number of aliphatic hydroxyl groups excluding tert-OH is 1. The Balaban J connectivity index is 1.71. The van der Waals surface area contributed by atoms with E-state index in [0.717, 1.165) is 25.1 Å². The molecule has 0 saturated carbocycles. The minimum Gasteiger partial charge on any atom is -0.508 e. The van der Waals surface area contributed by atoms with Crippen LogP contribution in [0.3, 0.4) is 0 Å². The number of benzene rings is 1. The molecule has 184 valence electrons. The van der Waals surface area contributed by atoms with E-state index < -0.39 is 12.1 Å². The summed E-state index contributed by atoms with van der Waals surface area (Å²) >= 11 is 1.96. The van der Waals surface area contributed by atoms with Crippen molar-refractivity contribution < 1.29 is 19.8 Å². The van der Waals surface area contributed by atoms with Gasteiger partial charge in [-0.25, -0.2) is 0 Å². The summed E-state index contributed by atoms with van der Waals surface area (Å²) in [5.41, 5.74) is 0.589. The third-order valence-electron chi connectivity index (χ3n) is 6.70. The van der Waals surface area contributed by atoms with Gasteiger partial charge in [-0.2, -0.15) is 11.8 Å². The maximum Gasteiger partial charge on any atom is 0.251 e. The number of aromatic hydroxyl groups is 1. The molecule has 2 amide bonds. The summed E-state index contributed by atoms with van der Waals surface area (Å²) in [7, 11) is 0. The normalized spacial score (nSPS) is 25.2. The number of phenolic OH excluding ortho intramolecular Hbond substituents is 1. The molecule has 0 radical (unpaired) electrons. The first kappa shape index (κ1) is 25.8. The van der Waals surface area contributed by atoms with Crippen LogP contribution in [0.1, 0.15) is 62.9 Å². The van der Waals surface area contributed by atoms with Gasteiger partial charge in [0, 0.05) is 35.0 Å². The third kappa shape index (κ3) is 6.43. The molecule has 2 fully saturated rings. The smallest absolute Gasteiger partial charge is 0.251 e. The van der Waals surface area contributed by atoms with Crippen molar-refractivity contribution in [2.45, 2.75) is 82.9 Å². The fourth-order valence-electron chi connectivity index (χ4n) is 4.84. The van der Waals surface area contributed by atoms with Gasteiger partial charge in [-0.1, -0.05) is 13.0 Å². The van der Waals surface area contributed by atoms with E-state index in [-0.39, 0.29) is 29.1 Å². The highest BCUT2D eigenvalue weighted by atomic mass is 32.2. The van der Waals surface area contributed by atoms with Crippen LogP contribution in [0.2, 0.25) is 0 Å². The first-order valence-electron chi connectivity index (χ1n) is 11.9. The van der Waals surface area contributed by atoms with E-state index >= 15 is 0 Å². The second kappa shape index (κ2) is 10.7. The fourth-order valence-corrected chi connectivity index (χ4v) is 6.39. The number of β-amino-alcohol motifs (C(OH)–C–C–N with tert-alkyl or cyclic N) is 1. The Kier molecular flexibility index (Phi) is 8.35. The van der Waals surface area contributed by atoms with E-state index in [0.29, 0.717) is 35.3 Å². The zero-order chi connectivity index (χ0) is 24.3. The van der Waals surface area contributed by atoms with Gasteiger partial charge in [0.05, 0.1) is 18.2 Å². The van der Waals surface area contributed by atoms with Crippen molar-refractivity contribution in [1.82, 2.24) is 15.5 Å². The van der Waals surface area contributed by atoms with Crippen LogP contribution in [-0.2, 0) is 4.79 Å². The van der Waals surface area contributed by atoms with E-state index in [2.05, 4.69) is 15.5 Å². The monoisotopic (exact) mass is 477 g/mol. The Morgan fingerprint density at radius 2 is 2.03 bits per heavy atom. The maximum absolute atomic E-state index is 13.1. The van der Waals surface area contributed by atoms with Gasteiger partial charge in [-0.3, -0.25) is 14.5 Å². The van der Waals surface area contributed by atoms with Crippen LogP contribution >= 0.6 is 11.8 Å². The minimum atomic E-state index is -0.813. The average molecular weight is 478 g/mol. The largest absolute Gasteiger partial charge is 0.508 e. The number of carbonyl (C=O) groups is 2. The third-order valence-corrected chi connectivity index (χ3v) is 8.18. The number of hydrogen-bond acceptors (Lipinski definition) is 6. The van der Waals surface area contributed by atoms with Crippen LogP contribution in [0.5, 0.6) is 5.75 Å². The molecule has 1 aromatic carbocycles. The summed E-state index contributed by atoms with van der Waals surface area (Å²) in [6, 6.07) is 4.11. The second-order valence-corrected chi connectivity index (χ2v) is 11.8. The number of piperidine rings is 1. The van der Waals surface area contributed by atoms with Gasteiger partial charge < -0.3 is 20.8 Å². The van der Waals surface area contributed by atoms with E-state index in [1.165, 1.54) is 0 Å². The minimum absolute atomic E-state index is 0.00752. The van der Waals surface area contributed by atoms with Crippen LogP contribution in [0, 0.1) is 12.8 Å². The number of rotatable bonds is 7. The molecule has 2 heterocycles. The topological polar surface area (TPSA) is 102 Å². The Labute approximate surface area is 201 Å². The van der Waals surface area contributed by atoms with Crippen LogP contribution in [-0.4, -0.2) is 74.7 Å². The number of likely N-dealkylation sites (tertiary alicyclic amines) is 1. The molecule has 0 aromatic heterocycles. The predicted molar refractivity (Wildman–Crippen MR) is 133 cm³/mol. The van der Waals surface area contributed by atoms with Crippen LogP contribution in [0.4, 0.5) is 0 Å². The quantitative estimate of drug-likeness (QED) is 0.482. The zero-order valence-corrected chi connectivity index (χ0v) is 21.2. The molecule has 4 N–H and O–H groups in total. The summed E-state index contributed by atoms with van der Waals surface area (Å²) in [6.07, 6.45) is 1.67. The molecule has 2 saturated heterocycles. The molecule has 5 atom stereocenters. The van der Waals surface area contributed by atoms with E-state index in [1.807, 2.05) is 39.5 Å². The summed E-state index contributed by atoms with van der Waals surface area (Å²) in [5, 5.41) is 27.6. The molecule has 0 spiro atoms. The van der Waals surface area contributed by atoms with E-state index in [9.17, 15) is 19.8 Å². The van der Waals surface area contributed by atoms with Crippen molar-refractivity contribution >= 4 is 23.6 Å².